The van der Waals surface area contributed by atoms with E-state index in [2.05, 4.69) is 39.5 Å². The molecule has 25 heavy (non-hydrogen) atoms. The van der Waals surface area contributed by atoms with Gasteiger partial charge in [-0.1, -0.05) is 0 Å². The van der Waals surface area contributed by atoms with Crippen molar-refractivity contribution in [2.45, 2.75) is 13.0 Å². The third-order valence-corrected chi connectivity index (χ3v) is 4.46. The number of aromatic nitrogens is 4. The smallest absolute Gasteiger partial charge is 0.107 e. The third kappa shape index (κ3) is 3.06. The lowest BCUT2D eigenvalue weighted by Crippen LogP contribution is -2.49. The quantitative estimate of drug-likeness (QED) is 0.757. The van der Waals surface area contributed by atoms with Crippen molar-refractivity contribution in [2.24, 2.45) is 7.05 Å². The summed E-state index contributed by atoms with van der Waals surface area (Å²) in [6.45, 7) is 4.92. The van der Waals surface area contributed by atoms with E-state index in [4.69, 9.17) is 0 Å². The number of hydrogen-bond acceptors (Lipinski definition) is 5. The van der Waals surface area contributed by atoms with E-state index in [1.165, 1.54) is 0 Å². The molecule has 0 amide bonds. The lowest BCUT2D eigenvalue weighted by molar-refractivity contribution is 0.485. The van der Waals surface area contributed by atoms with Crippen LogP contribution in [-0.4, -0.2) is 45.1 Å². The Balaban J connectivity index is 0.00000182. The van der Waals surface area contributed by atoms with Gasteiger partial charge in [0, 0.05) is 56.2 Å². The Bertz CT molecular complexity index is 936. The Hall–Kier alpha value is -2.56. The number of nitriles is 1. The fourth-order valence-electron chi connectivity index (χ4n) is 3.30. The van der Waals surface area contributed by atoms with Crippen LogP contribution in [0.1, 0.15) is 12.5 Å². The van der Waals surface area contributed by atoms with E-state index >= 15 is 0 Å². The highest BCUT2D eigenvalue weighted by Crippen LogP contribution is 2.31. The zero-order valence-electron chi connectivity index (χ0n) is 14.2. The summed E-state index contributed by atoms with van der Waals surface area (Å²) in [5.41, 5.74) is 4.62. The molecule has 4 rings (SSSR count). The van der Waals surface area contributed by atoms with Gasteiger partial charge in [0.25, 0.3) is 0 Å². The van der Waals surface area contributed by atoms with Crippen LogP contribution in [0.2, 0.25) is 0 Å². The first kappa shape index (κ1) is 17.3. The Labute approximate surface area is 152 Å². The molecule has 1 atom stereocenters. The molecule has 0 spiro atoms. The SMILES string of the molecule is C[C@@H]1CN(c2cc(-c3cnn(C)c3)cn3ncc(C#N)c23)CCN1.Cl. The maximum atomic E-state index is 9.44. The fourth-order valence-corrected chi connectivity index (χ4v) is 3.30. The number of fused-ring (bicyclic) bond motifs is 1. The number of nitrogens with one attached hydrogen (secondary N) is 1. The Kier molecular flexibility index (Phi) is 4.66. The number of pyridine rings is 1. The molecule has 1 N–H and O–H groups in total. The minimum atomic E-state index is 0. The second-order valence-corrected chi connectivity index (χ2v) is 6.28. The van der Waals surface area contributed by atoms with E-state index in [1.54, 1.807) is 10.9 Å². The van der Waals surface area contributed by atoms with Gasteiger partial charge in [-0.25, -0.2) is 4.52 Å². The molecule has 7 nitrogen and oxygen atoms in total. The molecule has 0 radical (unpaired) electrons. The average Bonchev–Trinajstić information content (AvgIpc) is 3.19. The largest absolute Gasteiger partial charge is 0.367 e. The molecule has 1 aliphatic heterocycles. The zero-order valence-corrected chi connectivity index (χ0v) is 15.0. The highest BCUT2D eigenvalue weighted by Gasteiger charge is 2.21. The van der Waals surface area contributed by atoms with Gasteiger partial charge in [0.15, 0.2) is 0 Å². The van der Waals surface area contributed by atoms with Crippen LogP contribution in [-0.2, 0) is 7.05 Å². The maximum absolute atomic E-state index is 9.44. The van der Waals surface area contributed by atoms with Crippen molar-refractivity contribution in [3.05, 3.63) is 36.4 Å². The molecule has 4 heterocycles. The van der Waals surface area contributed by atoms with Crippen LogP contribution in [0.3, 0.4) is 0 Å². The van der Waals surface area contributed by atoms with Crippen molar-refractivity contribution in [1.82, 2.24) is 24.7 Å². The van der Waals surface area contributed by atoms with E-state index in [9.17, 15) is 5.26 Å². The zero-order chi connectivity index (χ0) is 16.7. The van der Waals surface area contributed by atoms with E-state index in [0.29, 0.717) is 11.6 Å². The summed E-state index contributed by atoms with van der Waals surface area (Å²) in [4.78, 5) is 2.33. The molecule has 1 fully saturated rings. The average molecular weight is 358 g/mol. The van der Waals surface area contributed by atoms with Crippen molar-refractivity contribution < 1.29 is 0 Å². The fraction of sp³-hybridized carbons (Fsp3) is 0.353. The maximum Gasteiger partial charge on any atom is 0.107 e. The van der Waals surface area contributed by atoms with Crippen molar-refractivity contribution in [3.8, 4) is 17.2 Å². The van der Waals surface area contributed by atoms with Gasteiger partial charge in [-0.2, -0.15) is 15.5 Å². The monoisotopic (exact) mass is 357 g/mol. The molecule has 8 heteroatoms. The normalized spacial score (nSPS) is 17.3. The molecular weight excluding hydrogens is 338 g/mol. The molecule has 0 saturated carbocycles. The topological polar surface area (TPSA) is 74.2 Å². The van der Waals surface area contributed by atoms with Crippen LogP contribution in [0.4, 0.5) is 5.69 Å². The first-order valence-electron chi connectivity index (χ1n) is 8.04. The van der Waals surface area contributed by atoms with Gasteiger partial charge < -0.3 is 10.2 Å². The number of rotatable bonds is 2. The molecule has 130 valence electrons. The van der Waals surface area contributed by atoms with Gasteiger partial charge in [-0.05, 0) is 13.0 Å². The lowest BCUT2D eigenvalue weighted by atomic mass is 10.1. The minimum Gasteiger partial charge on any atom is -0.367 e. The first-order valence-corrected chi connectivity index (χ1v) is 8.04. The van der Waals surface area contributed by atoms with Crippen LogP contribution in [0.15, 0.2) is 30.9 Å². The van der Waals surface area contributed by atoms with E-state index in [-0.39, 0.29) is 12.4 Å². The Morgan fingerprint density at radius 2 is 2.08 bits per heavy atom. The van der Waals surface area contributed by atoms with Crippen molar-refractivity contribution >= 4 is 23.6 Å². The Morgan fingerprint density at radius 1 is 1.24 bits per heavy atom. The summed E-state index contributed by atoms with van der Waals surface area (Å²) in [6, 6.07) is 4.82. The van der Waals surface area contributed by atoms with Crippen LogP contribution >= 0.6 is 12.4 Å². The van der Waals surface area contributed by atoms with E-state index < -0.39 is 0 Å². The molecule has 3 aromatic heterocycles. The van der Waals surface area contributed by atoms with Crippen LogP contribution in [0, 0.1) is 11.3 Å². The molecule has 0 bridgehead atoms. The van der Waals surface area contributed by atoms with Crippen LogP contribution in [0.25, 0.3) is 16.6 Å². The predicted octanol–water partition coefficient (Wildman–Crippen LogP) is 1.83. The molecule has 0 aromatic carbocycles. The summed E-state index contributed by atoms with van der Waals surface area (Å²) < 4.78 is 3.60. The number of hydrogen-bond donors (Lipinski definition) is 1. The number of piperazine rings is 1. The molecule has 1 saturated heterocycles. The van der Waals surface area contributed by atoms with Gasteiger partial charge in [0.2, 0.25) is 0 Å². The second kappa shape index (κ2) is 6.75. The second-order valence-electron chi connectivity index (χ2n) is 6.28. The first-order chi connectivity index (χ1) is 11.7. The van der Waals surface area contributed by atoms with Crippen LogP contribution < -0.4 is 10.2 Å². The van der Waals surface area contributed by atoms with Crippen molar-refractivity contribution in [1.29, 1.82) is 5.26 Å². The summed E-state index contributed by atoms with van der Waals surface area (Å²) >= 11 is 0. The molecular formula is C17H20ClN7. The van der Waals surface area contributed by atoms with Gasteiger partial charge in [0.05, 0.1) is 23.6 Å². The third-order valence-electron chi connectivity index (χ3n) is 4.46. The molecule has 3 aromatic rings. The van der Waals surface area contributed by atoms with Gasteiger partial charge in [-0.15, -0.1) is 12.4 Å². The van der Waals surface area contributed by atoms with Gasteiger partial charge >= 0.3 is 0 Å². The number of nitrogens with zero attached hydrogens (tertiary/aromatic N) is 6. The van der Waals surface area contributed by atoms with Crippen molar-refractivity contribution in [2.75, 3.05) is 24.5 Å². The summed E-state index contributed by atoms with van der Waals surface area (Å²) in [5, 5.41) is 21.5. The molecule has 1 aliphatic rings. The number of halogens is 1. The number of anilines is 1. The number of aryl methyl sites for hydroxylation is 1. The lowest BCUT2D eigenvalue weighted by Gasteiger charge is -2.34. The standard InChI is InChI=1S/C17H19N7.ClH/c1-12-9-23(4-3-19-12)16-5-13(15-8-20-22(2)10-15)11-24-17(16)14(6-18)7-21-24;/h5,7-8,10-12,19H,3-4,9H2,1-2H3;1H/t12-;/m1./s1. The summed E-state index contributed by atoms with van der Waals surface area (Å²) in [7, 11) is 1.91. The van der Waals surface area contributed by atoms with Crippen molar-refractivity contribution in [3.63, 3.8) is 0 Å². The highest BCUT2D eigenvalue weighted by atomic mass is 35.5. The van der Waals surface area contributed by atoms with E-state index in [0.717, 1.165) is 42.0 Å². The van der Waals surface area contributed by atoms with E-state index in [1.807, 2.05) is 30.2 Å². The van der Waals surface area contributed by atoms with Crippen LogP contribution in [0.5, 0.6) is 0 Å². The van der Waals surface area contributed by atoms with Gasteiger partial charge in [-0.3, -0.25) is 4.68 Å². The Morgan fingerprint density at radius 3 is 2.76 bits per heavy atom. The molecule has 0 unspecified atom stereocenters. The molecule has 0 aliphatic carbocycles. The highest BCUT2D eigenvalue weighted by molar-refractivity contribution is 5.85. The predicted molar refractivity (Wildman–Crippen MR) is 99.0 cm³/mol. The minimum absolute atomic E-state index is 0. The summed E-state index contributed by atoms with van der Waals surface area (Å²) in [5.74, 6) is 0. The summed E-state index contributed by atoms with van der Waals surface area (Å²) in [6.07, 6.45) is 7.43. The van der Waals surface area contributed by atoms with Gasteiger partial charge in [0.1, 0.15) is 11.6 Å².